The number of fused-ring (bicyclic) bond motifs is 2. The van der Waals surface area contributed by atoms with Crippen LogP contribution in [0.4, 0.5) is 4.79 Å². The lowest BCUT2D eigenvalue weighted by Gasteiger charge is -2.47. The van der Waals surface area contributed by atoms with Gasteiger partial charge in [0.05, 0.1) is 25.4 Å². The van der Waals surface area contributed by atoms with Gasteiger partial charge in [0.1, 0.15) is 11.4 Å². The quantitative estimate of drug-likeness (QED) is 0.921. The first kappa shape index (κ1) is 15.2. The van der Waals surface area contributed by atoms with E-state index in [2.05, 4.69) is 36.1 Å². The molecule has 2 aliphatic rings. The van der Waals surface area contributed by atoms with E-state index in [1.807, 2.05) is 6.20 Å². The molecule has 3 heterocycles. The highest BCUT2D eigenvalue weighted by Crippen LogP contribution is 2.42. The van der Waals surface area contributed by atoms with Crippen molar-refractivity contribution in [2.45, 2.75) is 45.8 Å². The first-order chi connectivity index (χ1) is 10.5. The van der Waals surface area contributed by atoms with E-state index in [1.54, 1.807) is 4.90 Å². The van der Waals surface area contributed by atoms with Gasteiger partial charge in [-0.2, -0.15) is 0 Å². The monoisotopic (exact) mass is 304 g/mol. The fraction of sp³-hybridized carbons (Fsp3) is 0.688. The van der Waals surface area contributed by atoms with Crippen molar-refractivity contribution in [1.82, 2.24) is 20.2 Å². The fourth-order valence-corrected chi connectivity index (χ4v) is 2.96. The number of aryl methyl sites for hydroxylation is 1. The Hall–Kier alpha value is -1.69. The molecule has 3 rings (SSSR count). The average molecular weight is 304 g/mol. The van der Waals surface area contributed by atoms with E-state index in [4.69, 9.17) is 4.74 Å². The summed E-state index contributed by atoms with van der Waals surface area (Å²) in [5.41, 5.74) is 1.66. The molecule has 2 amide bonds. The van der Waals surface area contributed by atoms with Gasteiger partial charge in [0, 0.05) is 24.7 Å². The van der Waals surface area contributed by atoms with Crippen LogP contribution in [0, 0.1) is 5.92 Å². The zero-order chi connectivity index (χ0) is 15.7. The Kier molecular flexibility index (Phi) is 4.04. The van der Waals surface area contributed by atoms with Crippen LogP contribution in [0.5, 0.6) is 0 Å². The largest absolute Gasteiger partial charge is 0.360 e. The number of nitrogens with one attached hydrogen (secondary N) is 1. The molecule has 22 heavy (non-hydrogen) atoms. The molecule has 1 aromatic rings. The Morgan fingerprint density at radius 2 is 2.27 bits per heavy atom. The van der Waals surface area contributed by atoms with Gasteiger partial charge in [0.25, 0.3) is 0 Å². The summed E-state index contributed by atoms with van der Waals surface area (Å²) >= 11 is 0. The van der Waals surface area contributed by atoms with Gasteiger partial charge >= 0.3 is 6.03 Å². The van der Waals surface area contributed by atoms with E-state index >= 15 is 0 Å². The van der Waals surface area contributed by atoms with Gasteiger partial charge in [0.15, 0.2) is 0 Å². The molecule has 1 spiro atoms. The van der Waals surface area contributed by atoms with Crippen molar-refractivity contribution >= 4 is 6.03 Å². The molecular weight excluding hydrogens is 280 g/mol. The van der Waals surface area contributed by atoms with Gasteiger partial charge < -0.3 is 15.0 Å². The normalized spacial score (nSPS) is 18.5. The maximum Gasteiger partial charge on any atom is 0.317 e. The minimum atomic E-state index is -0.380. The molecule has 6 nitrogen and oxygen atoms in total. The summed E-state index contributed by atoms with van der Waals surface area (Å²) in [6, 6.07) is -0.0140. The van der Waals surface area contributed by atoms with Crippen molar-refractivity contribution in [2.24, 2.45) is 5.92 Å². The summed E-state index contributed by atoms with van der Waals surface area (Å²) in [5, 5.41) is 2.94. The van der Waals surface area contributed by atoms with Crippen LogP contribution in [0.3, 0.4) is 0 Å². The van der Waals surface area contributed by atoms with Gasteiger partial charge in [0.2, 0.25) is 0 Å². The molecule has 0 bridgehead atoms. The molecule has 6 heteroatoms. The molecule has 0 aromatic carbocycles. The van der Waals surface area contributed by atoms with Gasteiger partial charge in [-0.25, -0.2) is 14.8 Å². The van der Waals surface area contributed by atoms with Gasteiger partial charge in [-0.1, -0.05) is 20.8 Å². The van der Waals surface area contributed by atoms with Gasteiger partial charge in [-0.3, -0.25) is 0 Å². The predicted octanol–water partition coefficient (Wildman–Crippen LogP) is 1.84. The second-order valence-corrected chi connectivity index (χ2v) is 6.62. The second-order valence-electron chi connectivity index (χ2n) is 6.62. The highest BCUT2D eigenvalue weighted by atomic mass is 16.5. The molecule has 0 saturated carbocycles. The number of hydrogen-bond donors (Lipinski definition) is 1. The molecule has 120 valence electrons. The highest BCUT2D eigenvalue weighted by Gasteiger charge is 2.52. The average Bonchev–Trinajstić information content (AvgIpc) is 2.82. The SMILES string of the molecule is CCCc1ncc2c(n1)COC21CN(C(=O)NCC(C)C)C1. The molecule has 1 fully saturated rings. The minimum Gasteiger partial charge on any atom is -0.360 e. The van der Waals surface area contributed by atoms with E-state index in [9.17, 15) is 4.79 Å². The lowest BCUT2D eigenvalue weighted by molar-refractivity contribution is -0.124. The summed E-state index contributed by atoms with van der Waals surface area (Å²) in [5.74, 6) is 1.33. The number of hydrogen-bond acceptors (Lipinski definition) is 4. The number of rotatable bonds is 4. The van der Waals surface area contributed by atoms with Crippen LogP contribution in [0.25, 0.3) is 0 Å². The number of urea groups is 1. The number of ether oxygens (including phenoxy) is 1. The molecule has 0 unspecified atom stereocenters. The Morgan fingerprint density at radius 3 is 2.95 bits per heavy atom. The van der Waals surface area contributed by atoms with E-state index in [-0.39, 0.29) is 11.6 Å². The molecule has 0 radical (unpaired) electrons. The maximum absolute atomic E-state index is 12.0. The molecule has 1 saturated heterocycles. The Labute approximate surface area is 131 Å². The highest BCUT2D eigenvalue weighted by molar-refractivity contribution is 5.75. The molecule has 0 atom stereocenters. The fourth-order valence-electron chi connectivity index (χ4n) is 2.96. The zero-order valence-corrected chi connectivity index (χ0v) is 13.6. The van der Waals surface area contributed by atoms with Gasteiger partial charge in [-0.05, 0) is 12.3 Å². The molecule has 0 aliphatic carbocycles. The van der Waals surface area contributed by atoms with Crippen LogP contribution in [0.2, 0.25) is 0 Å². The third-order valence-corrected chi connectivity index (χ3v) is 4.21. The summed E-state index contributed by atoms with van der Waals surface area (Å²) in [6.07, 6.45) is 3.82. The Morgan fingerprint density at radius 1 is 1.50 bits per heavy atom. The summed E-state index contributed by atoms with van der Waals surface area (Å²) in [6.45, 7) is 8.67. The van der Waals surface area contributed by atoms with E-state index in [0.717, 1.165) is 29.9 Å². The first-order valence-corrected chi connectivity index (χ1v) is 8.06. The zero-order valence-electron chi connectivity index (χ0n) is 13.6. The topological polar surface area (TPSA) is 67.4 Å². The van der Waals surface area contributed by atoms with Crippen LogP contribution < -0.4 is 5.32 Å². The number of carbonyl (C=O) groups excluding carboxylic acids is 1. The predicted molar refractivity (Wildman–Crippen MR) is 82.3 cm³/mol. The van der Waals surface area contributed by atoms with Crippen molar-refractivity contribution < 1.29 is 9.53 Å². The van der Waals surface area contributed by atoms with Gasteiger partial charge in [-0.15, -0.1) is 0 Å². The van der Waals surface area contributed by atoms with Crippen molar-refractivity contribution in [3.05, 3.63) is 23.3 Å². The van der Waals surface area contributed by atoms with Crippen molar-refractivity contribution in [1.29, 1.82) is 0 Å². The van der Waals surface area contributed by atoms with E-state index in [1.165, 1.54) is 0 Å². The first-order valence-electron chi connectivity index (χ1n) is 8.06. The number of likely N-dealkylation sites (tertiary alicyclic amines) is 1. The summed E-state index contributed by atoms with van der Waals surface area (Å²) < 4.78 is 5.96. The number of aromatic nitrogens is 2. The second kappa shape index (κ2) is 5.83. The molecular formula is C16H24N4O2. The van der Waals surface area contributed by atoms with Crippen molar-refractivity contribution in [3.63, 3.8) is 0 Å². The number of carbonyl (C=O) groups is 1. The number of amides is 2. The third kappa shape index (κ3) is 2.67. The third-order valence-electron chi connectivity index (χ3n) is 4.21. The van der Waals surface area contributed by atoms with Crippen LogP contribution in [-0.2, 0) is 23.4 Å². The standard InChI is InChI=1S/C16H24N4O2/c1-4-5-14-17-7-12-13(19-14)8-22-16(12)9-20(10-16)15(21)18-6-11(2)3/h7,11H,4-6,8-10H2,1-3H3,(H,18,21). The smallest absolute Gasteiger partial charge is 0.317 e. The van der Waals surface area contributed by atoms with E-state index in [0.29, 0.717) is 32.2 Å². The van der Waals surface area contributed by atoms with Crippen LogP contribution in [0.1, 0.15) is 44.3 Å². The Balaban J connectivity index is 1.64. The molecule has 2 aliphatic heterocycles. The Bertz CT molecular complexity index is 567. The number of nitrogens with zero attached hydrogens (tertiary/aromatic N) is 3. The lowest BCUT2D eigenvalue weighted by Crippen LogP contribution is -2.63. The summed E-state index contributed by atoms with van der Waals surface area (Å²) in [4.78, 5) is 22.9. The van der Waals surface area contributed by atoms with Crippen LogP contribution in [-0.4, -0.2) is 40.5 Å². The minimum absolute atomic E-state index is 0.0140. The molecule has 1 aromatic heterocycles. The van der Waals surface area contributed by atoms with Crippen molar-refractivity contribution in [3.8, 4) is 0 Å². The van der Waals surface area contributed by atoms with Crippen molar-refractivity contribution in [2.75, 3.05) is 19.6 Å². The lowest BCUT2D eigenvalue weighted by atomic mass is 9.88. The van der Waals surface area contributed by atoms with E-state index < -0.39 is 0 Å². The van der Waals surface area contributed by atoms with Crippen LogP contribution >= 0.6 is 0 Å². The molecule has 1 N–H and O–H groups in total. The van der Waals surface area contributed by atoms with Crippen LogP contribution in [0.15, 0.2) is 6.20 Å². The maximum atomic E-state index is 12.0. The summed E-state index contributed by atoms with van der Waals surface area (Å²) in [7, 11) is 0.